The maximum Gasteiger partial charge on any atom is 0.343 e. The van der Waals surface area contributed by atoms with E-state index in [9.17, 15) is 4.79 Å². The first-order valence-electron chi connectivity index (χ1n) is 8.83. The third-order valence-electron chi connectivity index (χ3n) is 4.92. The Balaban J connectivity index is 1.95. The Morgan fingerprint density at radius 1 is 0.692 bits per heavy atom. The van der Waals surface area contributed by atoms with Gasteiger partial charge in [0.05, 0.1) is 5.56 Å². The summed E-state index contributed by atoms with van der Waals surface area (Å²) in [5.74, 6) is 0.315. The van der Waals surface area contributed by atoms with Crippen molar-refractivity contribution in [3.63, 3.8) is 0 Å². The topological polar surface area (TPSA) is 26.3 Å². The molecule has 132 valence electrons. The first-order chi connectivity index (χ1) is 12.4. The van der Waals surface area contributed by atoms with Gasteiger partial charge in [-0.2, -0.15) is 0 Å². The van der Waals surface area contributed by atoms with Crippen LogP contribution in [0, 0.1) is 34.6 Å². The molecular weight excluding hydrogens is 320 g/mol. The third kappa shape index (κ3) is 3.55. The number of carbonyl (C=O) groups is 1. The molecule has 0 aliphatic heterocycles. The summed E-state index contributed by atoms with van der Waals surface area (Å²) in [5, 5.41) is 0. The highest BCUT2D eigenvalue weighted by atomic mass is 16.5. The van der Waals surface area contributed by atoms with Crippen LogP contribution < -0.4 is 4.74 Å². The van der Waals surface area contributed by atoms with Crippen molar-refractivity contribution in [1.82, 2.24) is 0 Å². The number of esters is 1. The maximum atomic E-state index is 12.4. The van der Waals surface area contributed by atoms with E-state index in [0.29, 0.717) is 11.3 Å². The second kappa shape index (κ2) is 7.17. The fourth-order valence-corrected chi connectivity index (χ4v) is 3.21. The molecule has 0 spiro atoms. The van der Waals surface area contributed by atoms with E-state index in [1.807, 2.05) is 32.0 Å². The fourth-order valence-electron chi connectivity index (χ4n) is 3.21. The molecule has 0 aliphatic rings. The van der Waals surface area contributed by atoms with E-state index in [4.69, 9.17) is 4.74 Å². The molecule has 0 atom stereocenters. The molecule has 3 aromatic carbocycles. The Kier molecular flexibility index (Phi) is 4.94. The van der Waals surface area contributed by atoms with Gasteiger partial charge in [-0.3, -0.25) is 0 Å². The van der Waals surface area contributed by atoms with E-state index in [0.717, 1.165) is 16.7 Å². The molecule has 0 amide bonds. The lowest BCUT2D eigenvalue weighted by Gasteiger charge is -2.15. The average Bonchev–Trinajstić information content (AvgIpc) is 2.62. The van der Waals surface area contributed by atoms with Crippen LogP contribution in [0.5, 0.6) is 5.75 Å². The number of hydrogen-bond donors (Lipinski definition) is 0. The van der Waals surface area contributed by atoms with Crippen molar-refractivity contribution >= 4 is 5.97 Å². The van der Waals surface area contributed by atoms with Crippen LogP contribution in [0.4, 0.5) is 0 Å². The monoisotopic (exact) mass is 344 g/mol. The van der Waals surface area contributed by atoms with Crippen molar-refractivity contribution < 1.29 is 9.53 Å². The lowest BCUT2D eigenvalue weighted by Crippen LogP contribution is -2.10. The van der Waals surface area contributed by atoms with Crippen LogP contribution in [0.2, 0.25) is 0 Å². The SMILES string of the molecule is Cc1cc(-c2cc(C)c(OC(=O)c3ccccc3)c(C)c2)cc(C)c1C. The zero-order chi connectivity index (χ0) is 18.8. The minimum atomic E-state index is -0.327. The lowest BCUT2D eigenvalue weighted by molar-refractivity contribution is 0.0732. The standard InChI is InChI=1S/C24H24O2/c1-15-11-21(12-16(2)19(15)5)22-13-17(3)23(18(4)14-22)26-24(25)20-9-7-6-8-10-20/h6-14H,1-5H3. The molecule has 26 heavy (non-hydrogen) atoms. The zero-order valence-corrected chi connectivity index (χ0v) is 16.0. The van der Waals surface area contributed by atoms with E-state index >= 15 is 0 Å². The Labute approximate surface area is 155 Å². The molecule has 0 fully saturated rings. The molecule has 3 rings (SSSR count). The average molecular weight is 344 g/mol. The molecule has 0 saturated heterocycles. The minimum absolute atomic E-state index is 0.327. The second-order valence-corrected chi connectivity index (χ2v) is 6.93. The van der Waals surface area contributed by atoms with Crippen molar-refractivity contribution in [1.29, 1.82) is 0 Å². The molecule has 0 saturated carbocycles. The summed E-state index contributed by atoms with van der Waals surface area (Å²) in [6.07, 6.45) is 0. The largest absolute Gasteiger partial charge is 0.422 e. The summed E-state index contributed by atoms with van der Waals surface area (Å²) in [7, 11) is 0. The summed E-state index contributed by atoms with van der Waals surface area (Å²) < 4.78 is 5.68. The van der Waals surface area contributed by atoms with Crippen molar-refractivity contribution in [2.45, 2.75) is 34.6 Å². The quantitative estimate of drug-likeness (QED) is 0.423. The Morgan fingerprint density at radius 3 is 1.65 bits per heavy atom. The lowest BCUT2D eigenvalue weighted by atomic mass is 9.94. The van der Waals surface area contributed by atoms with Crippen molar-refractivity contribution in [2.75, 3.05) is 0 Å². The van der Waals surface area contributed by atoms with Gasteiger partial charge in [-0.15, -0.1) is 0 Å². The van der Waals surface area contributed by atoms with E-state index < -0.39 is 0 Å². The highest BCUT2D eigenvalue weighted by molar-refractivity contribution is 5.91. The van der Waals surface area contributed by atoms with Crippen LogP contribution in [0.25, 0.3) is 11.1 Å². The number of benzene rings is 3. The summed E-state index contributed by atoms with van der Waals surface area (Å²) >= 11 is 0. The highest BCUT2D eigenvalue weighted by Crippen LogP contribution is 2.32. The molecule has 0 unspecified atom stereocenters. The van der Waals surface area contributed by atoms with Gasteiger partial charge in [-0.05, 0) is 97.8 Å². The molecule has 0 heterocycles. The number of rotatable bonds is 3. The fraction of sp³-hybridized carbons (Fsp3) is 0.208. The molecule has 2 nitrogen and oxygen atoms in total. The van der Waals surface area contributed by atoms with Gasteiger partial charge in [-0.1, -0.05) is 30.3 Å². The third-order valence-corrected chi connectivity index (χ3v) is 4.92. The number of carbonyl (C=O) groups excluding carboxylic acids is 1. The van der Waals surface area contributed by atoms with Gasteiger partial charge in [0.2, 0.25) is 0 Å². The van der Waals surface area contributed by atoms with Crippen LogP contribution in [-0.4, -0.2) is 5.97 Å². The molecule has 0 radical (unpaired) electrons. The normalized spacial score (nSPS) is 10.7. The first-order valence-corrected chi connectivity index (χ1v) is 8.83. The first kappa shape index (κ1) is 17.9. The van der Waals surface area contributed by atoms with E-state index in [-0.39, 0.29) is 5.97 Å². The van der Waals surface area contributed by atoms with Gasteiger partial charge < -0.3 is 4.74 Å². The molecular formula is C24H24O2. The van der Waals surface area contributed by atoms with E-state index in [1.54, 1.807) is 12.1 Å². The van der Waals surface area contributed by atoms with E-state index in [2.05, 4.69) is 45.0 Å². The Morgan fingerprint density at radius 2 is 1.15 bits per heavy atom. The summed E-state index contributed by atoms with van der Waals surface area (Å²) in [5.41, 5.74) is 8.71. The summed E-state index contributed by atoms with van der Waals surface area (Å²) in [6.45, 7) is 10.4. The van der Waals surface area contributed by atoms with Crippen LogP contribution in [0.1, 0.15) is 38.2 Å². The molecule has 3 aromatic rings. The van der Waals surface area contributed by atoms with Gasteiger partial charge in [0.25, 0.3) is 0 Å². The molecule has 0 aromatic heterocycles. The van der Waals surface area contributed by atoms with Crippen molar-refractivity contribution in [3.8, 4) is 16.9 Å². The molecule has 0 bridgehead atoms. The second-order valence-electron chi connectivity index (χ2n) is 6.93. The summed E-state index contributed by atoms with van der Waals surface area (Å²) in [4.78, 5) is 12.4. The Hall–Kier alpha value is -2.87. The van der Waals surface area contributed by atoms with Gasteiger partial charge in [-0.25, -0.2) is 4.79 Å². The summed E-state index contributed by atoms with van der Waals surface area (Å²) in [6, 6.07) is 17.7. The van der Waals surface area contributed by atoms with Crippen molar-refractivity contribution in [2.24, 2.45) is 0 Å². The number of ether oxygens (including phenoxy) is 1. The van der Waals surface area contributed by atoms with Gasteiger partial charge >= 0.3 is 5.97 Å². The molecule has 2 heteroatoms. The number of hydrogen-bond acceptors (Lipinski definition) is 2. The minimum Gasteiger partial charge on any atom is -0.422 e. The van der Waals surface area contributed by atoms with Gasteiger partial charge in [0.15, 0.2) is 0 Å². The van der Waals surface area contributed by atoms with Gasteiger partial charge in [0, 0.05) is 0 Å². The Bertz CT molecular complexity index is 923. The maximum absolute atomic E-state index is 12.4. The van der Waals surface area contributed by atoms with E-state index in [1.165, 1.54) is 22.3 Å². The van der Waals surface area contributed by atoms with Crippen molar-refractivity contribution in [3.05, 3.63) is 88.0 Å². The predicted molar refractivity (Wildman–Crippen MR) is 107 cm³/mol. The molecule has 0 N–H and O–H groups in total. The predicted octanol–water partition coefficient (Wildman–Crippen LogP) is 6.11. The number of aryl methyl sites for hydroxylation is 4. The highest BCUT2D eigenvalue weighted by Gasteiger charge is 2.14. The van der Waals surface area contributed by atoms with Crippen LogP contribution in [0.3, 0.4) is 0 Å². The smallest absolute Gasteiger partial charge is 0.343 e. The zero-order valence-electron chi connectivity index (χ0n) is 16.0. The van der Waals surface area contributed by atoms with Gasteiger partial charge in [0.1, 0.15) is 5.75 Å². The van der Waals surface area contributed by atoms with Crippen LogP contribution >= 0.6 is 0 Å². The van der Waals surface area contributed by atoms with Crippen LogP contribution in [0.15, 0.2) is 54.6 Å². The molecule has 0 aliphatic carbocycles. The van der Waals surface area contributed by atoms with Crippen LogP contribution in [-0.2, 0) is 0 Å².